The highest BCUT2D eigenvalue weighted by Gasteiger charge is 2.20. The fourth-order valence-electron chi connectivity index (χ4n) is 3.05. The van der Waals surface area contributed by atoms with Gasteiger partial charge in [0.2, 0.25) is 0 Å². The first-order valence-electron chi connectivity index (χ1n) is 7.79. The molecule has 1 fully saturated rings. The molecule has 2 aromatic heterocycles. The molecular weight excluding hydrogens is 293 g/mol. The molecule has 3 heterocycles. The Labute approximate surface area is 134 Å². The molecule has 1 saturated heterocycles. The quantitative estimate of drug-likeness (QED) is 0.744. The molecule has 0 amide bonds. The second-order valence-electron chi connectivity index (χ2n) is 5.76. The van der Waals surface area contributed by atoms with Crippen molar-refractivity contribution >= 4 is 16.9 Å². The van der Waals surface area contributed by atoms with Crippen molar-refractivity contribution < 1.29 is 4.39 Å². The molecule has 0 aliphatic carbocycles. The molecule has 0 atom stereocenters. The lowest BCUT2D eigenvalue weighted by molar-refractivity contribution is 0.208. The lowest BCUT2D eigenvalue weighted by atomic mass is 10.3. The van der Waals surface area contributed by atoms with Gasteiger partial charge in [-0.25, -0.2) is 14.4 Å². The summed E-state index contributed by atoms with van der Waals surface area (Å²) in [6.07, 6.45) is 3.53. The number of anilines is 1. The normalized spacial score (nSPS) is 16.1. The van der Waals surface area contributed by atoms with E-state index in [1.54, 1.807) is 12.3 Å². The van der Waals surface area contributed by atoms with Crippen LogP contribution in [0.5, 0.6) is 0 Å². The maximum Gasteiger partial charge on any atom is 0.165 e. The molecule has 0 bridgehead atoms. The van der Waals surface area contributed by atoms with Crippen molar-refractivity contribution in [3.63, 3.8) is 0 Å². The topological polar surface area (TPSA) is 37.2 Å². The number of halogens is 1. The molecule has 1 aromatic carbocycles. The summed E-state index contributed by atoms with van der Waals surface area (Å²) in [5.74, 6) is 0.210. The molecule has 5 nitrogen and oxygen atoms in total. The van der Waals surface area contributed by atoms with E-state index in [1.807, 2.05) is 29.4 Å². The van der Waals surface area contributed by atoms with E-state index in [2.05, 4.69) is 25.5 Å². The summed E-state index contributed by atoms with van der Waals surface area (Å²) in [7, 11) is 0. The Balaban J connectivity index is 1.43. The molecule has 23 heavy (non-hydrogen) atoms. The highest BCUT2D eigenvalue weighted by molar-refractivity contribution is 5.74. The second kappa shape index (κ2) is 5.96. The van der Waals surface area contributed by atoms with Gasteiger partial charge in [-0.1, -0.05) is 12.1 Å². The van der Waals surface area contributed by atoms with Crippen LogP contribution in [0.25, 0.3) is 11.0 Å². The summed E-state index contributed by atoms with van der Waals surface area (Å²) < 4.78 is 16.0. The highest BCUT2D eigenvalue weighted by atomic mass is 19.1. The van der Waals surface area contributed by atoms with E-state index in [1.165, 1.54) is 6.07 Å². The third-order valence-corrected chi connectivity index (χ3v) is 4.29. The van der Waals surface area contributed by atoms with E-state index in [9.17, 15) is 4.39 Å². The molecule has 118 valence electrons. The average Bonchev–Trinajstić information content (AvgIpc) is 2.99. The van der Waals surface area contributed by atoms with Gasteiger partial charge in [-0.3, -0.25) is 4.90 Å². The van der Waals surface area contributed by atoms with Crippen molar-refractivity contribution in [1.82, 2.24) is 19.4 Å². The van der Waals surface area contributed by atoms with Gasteiger partial charge in [0, 0.05) is 32.4 Å². The first kappa shape index (κ1) is 14.1. The molecule has 0 spiro atoms. The molecule has 6 heteroatoms. The summed E-state index contributed by atoms with van der Waals surface area (Å²) in [6.45, 7) is 4.12. The zero-order valence-electron chi connectivity index (χ0n) is 12.8. The monoisotopic (exact) mass is 311 g/mol. The van der Waals surface area contributed by atoms with Crippen LogP contribution in [0.3, 0.4) is 0 Å². The lowest BCUT2D eigenvalue weighted by Gasteiger charge is -2.35. The van der Waals surface area contributed by atoms with E-state index >= 15 is 0 Å². The molecule has 0 saturated carbocycles. The summed E-state index contributed by atoms with van der Waals surface area (Å²) in [6, 6.07) is 11.2. The molecule has 0 N–H and O–H groups in total. The van der Waals surface area contributed by atoms with Gasteiger partial charge in [-0.05, 0) is 24.3 Å². The lowest BCUT2D eigenvalue weighted by Crippen LogP contribution is -2.47. The van der Waals surface area contributed by atoms with Crippen LogP contribution < -0.4 is 4.90 Å². The fourth-order valence-corrected chi connectivity index (χ4v) is 3.05. The first-order valence-corrected chi connectivity index (χ1v) is 7.79. The highest BCUT2D eigenvalue weighted by Crippen LogP contribution is 2.18. The summed E-state index contributed by atoms with van der Waals surface area (Å²) in [5.41, 5.74) is 2.16. The molecule has 0 unspecified atom stereocenters. The zero-order chi connectivity index (χ0) is 15.6. The summed E-state index contributed by atoms with van der Waals surface area (Å²) in [5, 5.41) is 0. The van der Waals surface area contributed by atoms with E-state index in [0.717, 1.165) is 43.9 Å². The van der Waals surface area contributed by atoms with E-state index < -0.39 is 0 Å². The van der Waals surface area contributed by atoms with Gasteiger partial charge < -0.3 is 9.47 Å². The summed E-state index contributed by atoms with van der Waals surface area (Å²) in [4.78, 5) is 12.9. The number of fused-ring (bicyclic) bond motifs is 1. The molecule has 4 rings (SSSR count). The van der Waals surface area contributed by atoms with Crippen molar-refractivity contribution in [1.29, 1.82) is 0 Å². The minimum atomic E-state index is -0.249. The van der Waals surface area contributed by atoms with Crippen LogP contribution in [0, 0.1) is 5.82 Å². The molecule has 3 aromatic rings. The number of imidazole rings is 1. The Bertz CT molecular complexity index is 807. The third kappa shape index (κ3) is 2.77. The van der Waals surface area contributed by atoms with E-state index in [0.29, 0.717) is 5.82 Å². The van der Waals surface area contributed by atoms with Gasteiger partial charge in [0.1, 0.15) is 0 Å². The van der Waals surface area contributed by atoms with Crippen molar-refractivity contribution in [3.8, 4) is 0 Å². The minimum Gasteiger partial charge on any atom is -0.352 e. The third-order valence-electron chi connectivity index (χ3n) is 4.29. The average molecular weight is 311 g/mol. The molecule has 1 aliphatic heterocycles. The number of piperazine rings is 1. The number of para-hydroxylation sites is 2. The Hall–Kier alpha value is -2.47. The van der Waals surface area contributed by atoms with Crippen LogP contribution in [0.15, 0.2) is 48.9 Å². The van der Waals surface area contributed by atoms with Crippen LogP contribution in [-0.2, 0) is 6.67 Å². The van der Waals surface area contributed by atoms with Crippen molar-refractivity contribution in [2.75, 3.05) is 31.1 Å². The van der Waals surface area contributed by atoms with Gasteiger partial charge in [-0.15, -0.1) is 0 Å². The number of hydrogen-bond donors (Lipinski definition) is 0. The number of nitrogens with zero attached hydrogens (tertiary/aromatic N) is 5. The van der Waals surface area contributed by atoms with Crippen molar-refractivity contribution in [2.24, 2.45) is 0 Å². The molecule has 0 radical (unpaired) electrons. The van der Waals surface area contributed by atoms with Crippen LogP contribution in [0.1, 0.15) is 0 Å². The Morgan fingerprint density at radius 2 is 1.78 bits per heavy atom. The Morgan fingerprint density at radius 1 is 0.957 bits per heavy atom. The van der Waals surface area contributed by atoms with Crippen molar-refractivity contribution in [3.05, 3.63) is 54.7 Å². The number of hydrogen-bond acceptors (Lipinski definition) is 4. The number of pyridine rings is 1. The van der Waals surface area contributed by atoms with Crippen LogP contribution >= 0.6 is 0 Å². The number of benzene rings is 1. The van der Waals surface area contributed by atoms with Gasteiger partial charge in [0.25, 0.3) is 0 Å². The van der Waals surface area contributed by atoms with Gasteiger partial charge in [0.05, 0.1) is 24.0 Å². The minimum absolute atomic E-state index is 0.249. The SMILES string of the molecule is Fc1cccnc1N1CCN(Cn2cnc3ccccc32)CC1. The zero-order valence-corrected chi connectivity index (χ0v) is 12.8. The van der Waals surface area contributed by atoms with Crippen molar-refractivity contribution in [2.45, 2.75) is 6.67 Å². The van der Waals surface area contributed by atoms with E-state index in [-0.39, 0.29) is 5.82 Å². The van der Waals surface area contributed by atoms with Crippen LogP contribution in [0.2, 0.25) is 0 Å². The maximum absolute atomic E-state index is 13.8. The fraction of sp³-hybridized carbons (Fsp3) is 0.294. The first-order chi connectivity index (χ1) is 11.3. The largest absolute Gasteiger partial charge is 0.352 e. The molecule has 1 aliphatic rings. The summed E-state index contributed by atoms with van der Waals surface area (Å²) >= 11 is 0. The standard InChI is InChI=1S/C17H18FN5/c18-14-4-3-7-19-17(14)22-10-8-21(9-11-22)13-23-12-20-15-5-1-2-6-16(15)23/h1-7,12H,8-11,13H2. The predicted molar refractivity (Wildman–Crippen MR) is 87.7 cm³/mol. The van der Waals surface area contributed by atoms with Gasteiger partial charge >= 0.3 is 0 Å². The van der Waals surface area contributed by atoms with Gasteiger partial charge in [-0.2, -0.15) is 0 Å². The predicted octanol–water partition coefficient (Wildman–Crippen LogP) is 2.35. The smallest absolute Gasteiger partial charge is 0.165 e. The number of rotatable bonds is 3. The maximum atomic E-state index is 13.8. The Kier molecular flexibility index (Phi) is 3.67. The van der Waals surface area contributed by atoms with E-state index in [4.69, 9.17) is 0 Å². The Morgan fingerprint density at radius 3 is 2.61 bits per heavy atom. The molecular formula is C17H18FN5. The van der Waals surface area contributed by atoms with Crippen LogP contribution in [0.4, 0.5) is 10.2 Å². The number of aromatic nitrogens is 3. The van der Waals surface area contributed by atoms with Gasteiger partial charge in [0.15, 0.2) is 11.6 Å². The second-order valence-corrected chi connectivity index (χ2v) is 5.76. The van der Waals surface area contributed by atoms with Crippen LogP contribution in [-0.4, -0.2) is 45.6 Å².